The fourth-order valence-electron chi connectivity index (χ4n) is 1.98. The Morgan fingerprint density at radius 3 is 2.30 bits per heavy atom. The first-order valence-corrected chi connectivity index (χ1v) is 6.18. The Labute approximate surface area is 116 Å². The van der Waals surface area contributed by atoms with Crippen molar-refractivity contribution in [3.63, 3.8) is 0 Å². The maximum absolute atomic E-state index is 14.0. The molecule has 0 heterocycles. The molecule has 0 spiro atoms. The van der Waals surface area contributed by atoms with E-state index in [0.29, 0.717) is 17.1 Å². The van der Waals surface area contributed by atoms with Crippen molar-refractivity contribution in [3.05, 3.63) is 54.3 Å². The van der Waals surface area contributed by atoms with Gasteiger partial charge in [0.15, 0.2) is 0 Å². The van der Waals surface area contributed by atoms with Gasteiger partial charge >= 0.3 is 5.97 Å². The summed E-state index contributed by atoms with van der Waals surface area (Å²) in [6.45, 7) is 0.143. The van der Waals surface area contributed by atoms with Crippen LogP contribution in [0.4, 0.5) is 21.5 Å². The van der Waals surface area contributed by atoms with Gasteiger partial charge in [0.25, 0.3) is 0 Å². The highest BCUT2D eigenvalue weighted by Crippen LogP contribution is 2.31. The minimum absolute atomic E-state index is 0.108. The predicted octanol–water partition coefficient (Wildman–Crippen LogP) is 3.02. The molecule has 0 atom stereocenters. The van der Waals surface area contributed by atoms with Gasteiger partial charge in [-0.25, -0.2) is 4.39 Å². The number of carboxylic acids is 1. The minimum Gasteiger partial charge on any atom is -0.481 e. The predicted molar refractivity (Wildman–Crippen MR) is 76.5 cm³/mol. The number of para-hydroxylation sites is 3. The zero-order valence-electron chi connectivity index (χ0n) is 10.8. The molecule has 2 rings (SSSR count). The quantitative estimate of drug-likeness (QED) is 0.822. The number of halogens is 1. The first kappa shape index (κ1) is 13.9. The molecule has 104 valence electrons. The molecule has 0 fully saturated rings. The van der Waals surface area contributed by atoms with Crippen molar-refractivity contribution in [2.45, 2.75) is 6.42 Å². The van der Waals surface area contributed by atoms with E-state index in [2.05, 4.69) is 0 Å². The van der Waals surface area contributed by atoms with Gasteiger partial charge in [-0.05, 0) is 24.3 Å². The lowest BCUT2D eigenvalue weighted by molar-refractivity contribution is -0.136. The molecule has 0 amide bonds. The molecule has 0 saturated heterocycles. The Bertz CT molecular complexity index is 571. The fourth-order valence-corrected chi connectivity index (χ4v) is 1.98. The van der Waals surface area contributed by atoms with Crippen molar-refractivity contribution in [2.24, 2.45) is 0 Å². The normalized spacial score (nSPS) is 10.2. The van der Waals surface area contributed by atoms with Crippen LogP contribution in [0.3, 0.4) is 0 Å². The van der Waals surface area contributed by atoms with Gasteiger partial charge in [-0.3, -0.25) is 4.79 Å². The third-order valence-electron chi connectivity index (χ3n) is 2.92. The first-order valence-electron chi connectivity index (χ1n) is 6.18. The van der Waals surface area contributed by atoms with Gasteiger partial charge in [0.05, 0.1) is 23.5 Å². The summed E-state index contributed by atoms with van der Waals surface area (Å²) in [5.74, 6) is -1.36. The fraction of sp³-hybridized carbons (Fsp3) is 0.133. The van der Waals surface area contributed by atoms with Crippen LogP contribution in [0.15, 0.2) is 48.5 Å². The molecule has 0 unspecified atom stereocenters. The molecule has 0 radical (unpaired) electrons. The smallest absolute Gasteiger partial charge is 0.305 e. The Balaban J connectivity index is 2.42. The van der Waals surface area contributed by atoms with Gasteiger partial charge in [-0.15, -0.1) is 0 Å². The SMILES string of the molecule is Nc1ccccc1N(CCC(=O)O)c1ccccc1F. The molecule has 20 heavy (non-hydrogen) atoms. The van der Waals surface area contributed by atoms with E-state index in [1.54, 1.807) is 47.4 Å². The highest BCUT2D eigenvalue weighted by atomic mass is 19.1. The molecule has 0 bridgehead atoms. The molecule has 0 aliphatic heterocycles. The van der Waals surface area contributed by atoms with Gasteiger partial charge in [-0.1, -0.05) is 24.3 Å². The summed E-state index contributed by atoms with van der Waals surface area (Å²) >= 11 is 0. The van der Waals surface area contributed by atoms with Gasteiger partial charge in [-0.2, -0.15) is 0 Å². The van der Waals surface area contributed by atoms with Crippen LogP contribution in [-0.2, 0) is 4.79 Å². The second-order valence-corrected chi connectivity index (χ2v) is 4.31. The summed E-state index contributed by atoms with van der Waals surface area (Å²) in [6, 6.07) is 13.2. The second kappa shape index (κ2) is 6.06. The number of aliphatic carboxylic acids is 1. The van der Waals surface area contributed by atoms with E-state index in [9.17, 15) is 9.18 Å². The number of anilines is 3. The van der Waals surface area contributed by atoms with Crippen molar-refractivity contribution in [1.82, 2.24) is 0 Å². The lowest BCUT2D eigenvalue weighted by Crippen LogP contribution is -2.22. The maximum Gasteiger partial charge on any atom is 0.305 e. The van der Waals surface area contributed by atoms with Gasteiger partial charge in [0.2, 0.25) is 0 Å². The van der Waals surface area contributed by atoms with E-state index in [1.807, 2.05) is 0 Å². The Hall–Kier alpha value is -2.56. The van der Waals surface area contributed by atoms with Crippen LogP contribution >= 0.6 is 0 Å². The number of nitrogens with two attached hydrogens (primary N) is 1. The monoisotopic (exact) mass is 274 g/mol. The highest BCUT2D eigenvalue weighted by molar-refractivity contribution is 5.76. The average molecular weight is 274 g/mol. The standard InChI is InChI=1S/C15H15FN2O2/c16-11-5-1-3-7-13(11)18(10-9-15(19)20)14-8-4-2-6-12(14)17/h1-8H,9-10,17H2,(H,19,20). The van der Waals surface area contributed by atoms with E-state index in [0.717, 1.165) is 0 Å². The molecule has 0 aliphatic carbocycles. The minimum atomic E-state index is -0.944. The van der Waals surface area contributed by atoms with E-state index < -0.39 is 11.8 Å². The molecular weight excluding hydrogens is 259 g/mol. The molecule has 3 N–H and O–H groups in total. The summed E-state index contributed by atoms with van der Waals surface area (Å²) in [4.78, 5) is 12.4. The number of carbonyl (C=O) groups is 1. The number of hydrogen-bond acceptors (Lipinski definition) is 3. The zero-order valence-corrected chi connectivity index (χ0v) is 10.8. The maximum atomic E-state index is 14.0. The van der Waals surface area contributed by atoms with Crippen molar-refractivity contribution in [1.29, 1.82) is 0 Å². The van der Waals surface area contributed by atoms with Crippen LogP contribution in [0.5, 0.6) is 0 Å². The largest absolute Gasteiger partial charge is 0.481 e. The second-order valence-electron chi connectivity index (χ2n) is 4.31. The number of rotatable bonds is 5. The number of hydrogen-bond donors (Lipinski definition) is 2. The average Bonchev–Trinajstić information content (AvgIpc) is 2.42. The summed E-state index contributed by atoms with van der Waals surface area (Å²) in [5, 5.41) is 8.84. The molecule has 0 saturated carbocycles. The molecule has 2 aromatic rings. The van der Waals surface area contributed by atoms with E-state index in [-0.39, 0.29) is 13.0 Å². The summed E-state index contributed by atoms with van der Waals surface area (Å²) in [7, 11) is 0. The number of nitrogen functional groups attached to an aromatic ring is 1. The van der Waals surface area contributed by atoms with Gasteiger partial charge < -0.3 is 15.7 Å². The van der Waals surface area contributed by atoms with Crippen molar-refractivity contribution in [3.8, 4) is 0 Å². The summed E-state index contributed by atoms with van der Waals surface area (Å²) < 4.78 is 14.0. The first-order chi connectivity index (χ1) is 9.59. The summed E-state index contributed by atoms with van der Waals surface area (Å²) in [5.41, 5.74) is 7.28. The van der Waals surface area contributed by atoms with Crippen LogP contribution in [0.2, 0.25) is 0 Å². The number of carboxylic acid groups (broad SMARTS) is 1. The van der Waals surface area contributed by atoms with E-state index in [1.165, 1.54) is 6.07 Å². The van der Waals surface area contributed by atoms with Crippen LogP contribution in [0, 0.1) is 5.82 Å². The van der Waals surface area contributed by atoms with E-state index in [4.69, 9.17) is 10.8 Å². The summed E-state index contributed by atoms with van der Waals surface area (Å²) in [6.07, 6.45) is -0.108. The molecule has 0 aliphatic rings. The van der Waals surface area contributed by atoms with Gasteiger partial charge in [0.1, 0.15) is 5.82 Å². The van der Waals surface area contributed by atoms with Crippen LogP contribution < -0.4 is 10.6 Å². The van der Waals surface area contributed by atoms with Crippen LogP contribution in [-0.4, -0.2) is 17.6 Å². The Morgan fingerprint density at radius 1 is 1.10 bits per heavy atom. The molecule has 2 aromatic carbocycles. The molecule has 4 nitrogen and oxygen atoms in total. The third-order valence-corrected chi connectivity index (χ3v) is 2.92. The topological polar surface area (TPSA) is 66.6 Å². The van der Waals surface area contributed by atoms with Gasteiger partial charge in [0, 0.05) is 6.54 Å². The Morgan fingerprint density at radius 2 is 1.70 bits per heavy atom. The van der Waals surface area contributed by atoms with Crippen molar-refractivity contribution >= 4 is 23.0 Å². The van der Waals surface area contributed by atoms with Crippen molar-refractivity contribution < 1.29 is 14.3 Å². The molecule has 0 aromatic heterocycles. The third kappa shape index (κ3) is 3.06. The highest BCUT2D eigenvalue weighted by Gasteiger charge is 2.16. The molecule has 5 heteroatoms. The molecular formula is C15H15FN2O2. The lowest BCUT2D eigenvalue weighted by atomic mass is 10.2. The lowest BCUT2D eigenvalue weighted by Gasteiger charge is -2.26. The van der Waals surface area contributed by atoms with Crippen molar-refractivity contribution in [2.75, 3.05) is 17.2 Å². The Kier molecular flexibility index (Phi) is 4.20. The number of nitrogens with zero attached hydrogens (tertiary/aromatic N) is 1. The zero-order chi connectivity index (χ0) is 14.5. The van der Waals surface area contributed by atoms with Crippen LogP contribution in [0.1, 0.15) is 6.42 Å². The number of benzene rings is 2. The van der Waals surface area contributed by atoms with E-state index >= 15 is 0 Å². The van der Waals surface area contributed by atoms with Crippen LogP contribution in [0.25, 0.3) is 0 Å².